The van der Waals surface area contributed by atoms with Crippen LogP contribution in [0.15, 0.2) is 6.20 Å². The number of nitro groups is 1. The highest BCUT2D eigenvalue weighted by atomic mass is 16.6. The first-order valence-electron chi connectivity index (χ1n) is 7.16. The van der Waals surface area contributed by atoms with E-state index < -0.39 is 4.92 Å². The predicted molar refractivity (Wildman–Crippen MR) is 78.1 cm³/mol. The number of anilines is 2. The van der Waals surface area contributed by atoms with Crippen molar-refractivity contribution in [3.05, 3.63) is 16.3 Å². The summed E-state index contributed by atoms with van der Waals surface area (Å²) in [5, 5.41) is 14.1. The zero-order chi connectivity index (χ0) is 14.5. The fraction of sp³-hybridized carbons (Fsp3) is 0.692. The third-order valence-corrected chi connectivity index (χ3v) is 3.77. The molecule has 2 heterocycles. The van der Waals surface area contributed by atoms with Gasteiger partial charge in [-0.3, -0.25) is 10.1 Å². The van der Waals surface area contributed by atoms with Crippen molar-refractivity contribution in [1.82, 2.24) is 9.97 Å². The van der Waals surface area contributed by atoms with Crippen molar-refractivity contribution in [2.75, 3.05) is 29.9 Å². The fourth-order valence-electron chi connectivity index (χ4n) is 2.52. The minimum Gasteiger partial charge on any atom is -0.354 e. The molecule has 7 nitrogen and oxygen atoms in total. The third-order valence-electron chi connectivity index (χ3n) is 3.77. The van der Waals surface area contributed by atoms with Gasteiger partial charge in [-0.15, -0.1) is 0 Å². The van der Waals surface area contributed by atoms with Crippen LogP contribution in [-0.2, 0) is 0 Å². The molecule has 0 spiro atoms. The highest BCUT2D eigenvalue weighted by molar-refractivity contribution is 5.59. The normalized spacial score (nSPS) is 16.2. The molecule has 1 aliphatic rings. The van der Waals surface area contributed by atoms with Gasteiger partial charge < -0.3 is 10.2 Å². The van der Waals surface area contributed by atoms with Crippen LogP contribution in [0.2, 0.25) is 0 Å². The second-order valence-corrected chi connectivity index (χ2v) is 5.03. The Morgan fingerprint density at radius 2 is 2.15 bits per heavy atom. The van der Waals surface area contributed by atoms with E-state index in [0.717, 1.165) is 31.8 Å². The van der Waals surface area contributed by atoms with E-state index in [9.17, 15) is 10.1 Å². The van der Waals surface area contributed by atoms with Crippen LogP contribution in [0.3, 0.4) is 0 Å². The molecule has 110 valence electrons. The Hall–Kier alpha value is -1.92. The van der Waals surface area contributed by atoms with E-state index in [1.54, 1.807) is 0 Å². The summed E-state index contributed by atoms with van der Waals surface area (Å²) in [6.07, 6.45) is 4.59. The predicted octanol–water partition coefficient (Wildman–Crippen LogP) is 2.44. The Morgan fingerprint density at radius 3 is 2.70 bits per heavy atom. The molecule has 0 atom stereocenters. The SMILES string of the molecule is CCNc1ncc([N+](=O)[O-])c(N2CCC(CC)CC2)n1. The summed E-state index contributed by atoms with van der Waals surface area (Å²) in [5.41, 5.74) is -0.0124. The van der Waals surface area contributed by atoms with Crippen molar-refractivity contribution in [2.24, 2.45) is 5.92 Å². The van der Waals surface area contributed by atoms with E-state index in [2.05, 4.69) is 22.2 Å². The van der Waals surface area contributed by atoms with Crippen molar-refractivity contribution in [3.63, 3.8) is 0 Å². The van der Waals surface area contributed by atoms with Gasteiger partial charge in [0.1, 0.15) is 6.20 Å². The molecule has 7 heteroatoms. The summed E-state index contributed by atoms with van der Waals surface area (Å²) < 4.78 is 0. The van der Waals surface area contributed by atoms with E-state index >= 15 is 0 Å². The van der Waals surface area contributed by atoms with Gasteiger partial charge in [-0.05, 0) is 25.7 Å². The second-order valence-electron chi connectivity index (χ2n) is 5.03. The minimum absolute atomic E-state index is 0.0124. The summed E-state index contributed by atoms with van der Waals surface area (Å²) in [6, 6.07) is 0. The molecule has 0 unspecified atom stereocenters. The van der Waals surface area contributed by atoms with E-state index in [0.29, 0.717) is 18.3 Å². The van der Waals surface area contributed by atoms with Crippen LogP contribution in [0, 0.1) is 16.0 Å². The number of rotatable bonds is 5. The Labute approximate surface area is 118 Å². The first-order valence-corrected chi connectivity index (χ1v) is 7.16. The topological polar surface area (TPSA) is 84.2 Å². The van der Waals surface area contributed by atoms with Crippen LogP contribution in [0.25, 0.3) is 0 Å². The van der Waals surface area contributed by atoms with Crippen LogP contribution >= 0.6 is 0 Å². The lowest BCUT2D eigenvalue weighted by Gasteiger charge is -2.32. The van der Waals surface area contributed by atoms with Crippen LogP contribution in [-0.4, -0.2) is 34.5 Å². The maximum absolute atomic E-state index is 11.1. The van der Waals surface area contributed by atoms with Crippen LogP contribution < -0.4 is 10.2 Å². The summed E-state index contributed by atoms with van der Waals surface area (Å²) in [4.78, 5) is 21.0. The molecule has 1 aromatic rings. The molecule has 0 radical (unpaired) electrons. The molecule has 1 aromatic heterocycles. The summed E-state index contributed by atoms with van der Waals surface area (Å²) in [5.74, 6) is 1.61. The van der Waals surface area contributed by atoms with E-state index in [4.69, 9.17) is 0 Å². The van der Waals surface area contributed by atoms with Gasteiger partial charge in [-0.1, -0.05) is 13.3 Å². The lowest BCUT2D eigenvalue weighted by molar-refractivity contribution is -0.384. The summed E-state index contributed by atoms with van der Waals surface area (Å²) in [6.45, 7) is 6.47. The molecule has 1 saturated heterocycles. The van der Waals surface area contributed by atoms with Gasteiger partial charge in [0.05, 0.1) is 4.92 Å². The largest absolute Gasteiger partial charge is 0.354 e. The number of nitrogens with one attached hydrogen (secondary N) is 1. The number of hydrogen-bond acceptors (Lipinski definition) is 6. The molecule has 0 aliphatic carbocycles. The first kappa shape index (κ1) is 14.5. The molecule has 1 fully saturated rings. The molecule has 1 N–H and O–H groups in total. The monoisotopic (exact) mass is 279 g/mol. The van der Waals surface area contributed by atoms with E-state index in [-0.39, 0.29) is 5.69 Å². The van der Waals surface area contributed by atoms with Crippen molar-refractivity contribution in [2.45, 2.75) is 33.1 Å². The van der Waals surface area contributed by atoms with Gasteiger partial charge in [-0.2, -0.15) is 4.98 Å². The fourth-order valence-corrected chi connectivity index (χ4v) is 2.52. The lowest BCUT2D eigenvalue weighted by Crippen LogP contribution is -2.34. The molecular weight excluding hydrogens is 258 g/mol. The quantitative estimate of drug-likeness (QED) is 0.658. The van der Waals surface area contributed by atoms with Gasteiger partial charge in [0.2, 0.25) is 11.8 Å². The Kier molecular flexibility index (Phi) is 4.70. The van der Waals surface area contributed by atoms with E-state index in [1.807, 2.05) is 11.8 Å². The van der Waals surface area contributed by atoms with Crippen molar-refractivity contribution in [3.8, 4) is 0 Å². The smallest absolute Gasteiger partial charge is 0.329 e. The van der Waals surface area contributed by atoms with Crippen molar-refractivity contribution in [1.29, 1.82) is 0 Å². The molecule has 0 amide bonds. The molecule has 20 heavy (non-hydrogen) atoms. The summed E-state index contributed by atoms with van der Waals surface area (Å²) in [7, 11) is 0. The van der Waals surface area contributed by atoms with E-state index in [1.165, 1.54) is 12.6 Å². The number of piperidine rings is 1. The molecule has 0 aromatic carbocycles. The molecule has 0 bridgehead atoms. The first-order chi connectivity index (χ1) is 9.65. The van der Waals surface area contributed by atoms with Crippen molar-refractivity contribution >= 4 is 17.5 Å². The zero-order valence-electron chi connectivity index (χ0n) is 12.0. The zero-order valence-corrected chi connectivity index (χ0v) is 12.0. The van der Waals surface area contributed by atoms with Gasteiger partial charge in [0.15, 0.2) is 0 Å². The lowest BCUT2D eigenvalue weighted by atomic mass is 9.94. The van der Waals surface area contributed by atoms with Crippen LogP contribution in [0.5, 0.6) is 0 Å². The average molecular weight is 279 g/mol. The molecule has 1 aliphatic heterocycles. The molecule has 2 rings (SSSR count). The standard InChI is InChI=1S/C13H21N5O2/c1-3-10-5-7-17(8-6-10)12-11(18(19)20)9-15-13(16-12)14-4-2/h9-10H,3-8H2,1-2H3,(H,14,15,16). The van der Waals surface area contributed by atoms with Gasteiger partial charge in [-0.25, -0.2) is 4.98 Å². The Bertz CT molecular complexity index is 472. The Morgan fingerprint density at radius 1 is 1.45 bits per heavy atom. The van der Waals surface area contributed by atoms with Gasteiger partial charge in [0.25, 0.3) is 0 Å². The highest BCUT2D eigenvalue weighted by Crippen LogP contribution is 2.30. The highest BCUT2D eigenvalue weighted by Gasteiger charge is 2.26. The number of nitrogens with zero attached hydrogens (tertiary/aromatic N) is 4. The second kappa shape index (κ2) is 6.49. The van der Waals surface area contributed by atoms with Crippen LogP contribution in [0.1, 0.15) is 33.1 Å². The maximum Gasteiger partial charge on any atom is 0.329 e. The molecule has 0 saturated carbocycles. The summed E-state index contributed by atoms with van der Waals surface area (Å²) >= 11 is 0. The van der Waals surface area contributed by atoms with Gasteiger partial charge >= 0.3 is 5.69 Å². The minimum atomic E-state index is -0.406. The average Bonchev–Trinajstić information content (AvgIpc) is 2.47. The maximum atomic E-state index is 11.1. The van der Waals surface area contributed by atoms with Gasteiger partial charge in [0, 0.05) is 19.6 Å². The van der Waals surface area contributed by atoms with Crippen LogP contribution in [0.4, 0.5) is 17.5 Å². The molecular formula is C13H21N5O2. The van der Waals surface area contributed by atoms with Crippen molar-refractivity contribution < 1.29 is 4.92 Å². The number of hydrogen-bond donors (Lipinski definition) is 1. The number of aromatic nitrogens is 2. The Balaban J connectivity index is 2.23. The third kappa shape index (κ3) is 3.15.